The van der Waals surface area contributed by atoms with Crippen LogP contribution in [-0.4, -0.2) is 6.54 Å². The number of benzene rings is 2. The molecule has 0 aliphatic heterocycles. The zero-order valence-corrected chi connectivity index (χ0v) is 15.4. The van der Waals surface area contributed by atoms with Gasteiger partial charge in [-0.2, -0.15) is 0 Å². The maximum absolute atomic E-state index is 6.47. The van der Waals surface area contributed by atoms with Crippen LogP contribution in [0.2, 0.25) is 10.0 Å². The third-order valence-electron chi connectivity index (χ3n) is 3.61. The topological polar surface area (TPSA) is 12.0 Å². The summed E-state index contributed by atoms with van der Waals surface area (Å²) in [5.41, 5.74) is 4.63. The maximum Gasteiger partial charge on any atom is 0.0592 e. The predicted octanol–water partition coefficient (Wildman–Crippen LogP) is 6.07. The lowest BCUT2D eigenvalue weighted by molar-refractivity contribution is 0.630. The molecule has 0 aliphatic carbocycles. The highest BCUT2D eigenvalue weighted by molar-refractivity contribution is 9.10. The monoisotopic (exact) mass is 385 g/mol. The highest BCUT2D eigenvalue weighted by Gasteiger charge is 2.18. The van der Waals surface area contributed by atoms with Crippen LogP contribution in [0.5, 0.6) is 0 Å². The SMILES string of the molecule is CCNC(c1ccc(Br)c(Cl)c1)c1cc(C)c(C)cc1Cl. The van der Waals surface area contributed by atoms with E-state index in [1.54, 1.807) is 0 Å². The Hall–Kier alpha value is -0.540. The first-order chi connectivity index (χ1) is 9.93. The van der Waals surface area contributed by atoms with Crippen molar-refractivity contribution in [2.45, 2.75) is 26.8 Å². The Bertz CT molecular complexity index is 655. The molecule has 2 aromatic rings. The lowest BCUT2D eigenvalue weighted by Crippen LogP contribution is -2.22. The lowest BCUT2D eigenvalue weighted by Gasteiger charge is -2.22. The van der Waals surface area contributed by atoms with Crippen molar-refractivity contribution in [3.05, 3.63) is 67.1 Å². The first kappa shape index (κ1) is 16.8. The van der Waals surface area contributed by atoms with Gasteiger partial charge >= 0.3 is 0 Å². The Morgan fingerprint density at radius 2 is 1.71 bits per heavy atom. The van der Waals surface area contributed by atoms with Crippen molar-refractivity contribution in [3.63, 3.8) is 0 Å². The molecule has 2 aromatic carbocycles. The summed E-state index contributed by atoms with van der Waals surface area (Å²) < 4.78 is 0.898. The van der Waals surface area contributed by atoms with Crippen molar-refractivity contribution >= 4 is 39.1 Å². The highest BCUT2D eigenvalue weighted by atomic mass is 79.9. The first-order valence-electron chi connectivity index (χ1n) is 6.89. The highest BCUT2D eigenvalue weighted by Crippen LogP contribution is 2.33. The number of nitrogens with one attached hydrogen (secondary N) is 1. The average Bonchev–Trinajstić information content (AvgIpc) is 2.44. The van der Waals surface area contributed by atoms with Gasteiger partial charge in [-0.05, 0) is 76.8 Å². The molecule has 2 rings (SSSR count). The number of hydrogen-bond donors (Lipinski definition) is 1. The molecular weight excluding hydrogens is 369 g/mol. The van der Waals surface area contributed by atoms with E-state index < -0.39 is 0 Å². The van der Waals surface area contributed by atoms with Gasteiger partial charge in [0.15, 0.2) is 0 Å². The van der Waals surface area contributed by atoms with Gasteiger partial charge in [0.2, 0.25) is 0 Å². The molecule has 1 unspecified atom stereocenters. The van der Waals surface area contributed by atoms with Gasteiger partial charge in [0, 0.05) is 9.50 Å². The summed E-state index contributed by atoms with van der Waals surface area (Å²) in [6.45, 7) is 7.11. The van der Waals surface area contributed by atoms with E-state index >= 15 is 0 Å². The van der Waals surface area contributed by atoms with Crippen LogP contribution in [-0.2, 0) is 0 Å². The fraction of sp³-hybridized carbons (Fsp3) is 0.294. The fourth-order valence-corrected chi connectivity index (χ4v) is 3.09. The predicted molar refractivity (Wildman–Crippen MR) is 95.6 cm³/mol. The molecule has 0 aliphatic rings. The lowest BCUT2D eigenvalue weighted by atomic mass is 9.95. The molecule has 112 valence electrons. The van der Waals surface area contributed by atoms with Gasteiger partial charge in [0.25, 0.3) is 0 Å². The van der Waals surface area contributed by atoms with Gasteiger partial charge in [-0.3, -0.25) is 0 Å². The molecule has 0 fully saturated rings. The smallest absolute Gasteiger partial charge is 0.0592 e. The molecular formula is C17H18BrCl2N. The van der Waals surface area contributed by atoms with Crippen LogP contribution in [0.3, 0.4) is 0 Å². The Morgan fingerprint density at radius 1 is 1.05 bits per heavy atom. The zero-order chi connectivity index (χ0) is 15.6. The van der Waals surface area contributed by atoms with Crippen LogP contribution in [0.1, 0.15) is 35.2 Å². The van der Waals surface area contributed by atoms with E-state index in [4.69, 9.17) is 23.2 Å². The van der Waals surface area contributed by atoms with Crippen LogP contribution in [0.25, 0.3) is 0 Å². The molecule has 4 heteroatoms. The average molecular weight is 387 g/mol. The summed E-state index contributed by atoms with van der Waals surface area (Å²) in [5.74, 6) is 0. The van der Waals surface area contributed by atoms with E-state index in [1.807, 2.05) is 18.2 Å². The Labute approximate surface area is 144 Å². The van der Waals surface area contributed by atoms with Crippen molar-refractivity contribution in [2.24, 2.45) is 0 Å². The summed E-state index contributed by atoms with van der Waals surface area (Å²) in [4.78, 5) is 0. The molecule has 0 spiro atoms. The molecule has 0 saturated heterocycles. The second-order valence-electron chi connectivity index (χ2n) is 5.12. The van der Waals surface area contributed by atoms with Crippen molar-refractivity contribution < 1.29 is 0 Å². The van der Waals surface area contributed by atoms with Gasteiger partial charge in [-0.25, -0.2) is 0 Å². The fourth-order valence-electron chi connectivity index (χ4n) is 2.33. The molecule has 0 saturated carbocycles. The van der Waals surface area contributed by atoms with E-state index in [-0.39, 0.29) is 6.04 Å². The quantitative estimate of drug-likeness (QED) is 0.672. The molecule has 1 N–H and O–H groups in total. The summed E-state index contributed by atoms with van der Waals surface area (Å²) in [5, 5.41) is 4.98. The second kappa shape index (κ2) is 7.15. The second-order valence-corrected chi connectivity index (χ2v) is 6.79. The number of aryl methyl sites for hydroxylation is 2. The number of hydrogen-bond acceptors (Lipinski definition) is 1. The Morgan fingerprint density at radius 3 is 2.33 bits per heavy atom. The third kappa shape index (κ3) is 3.81. The maximum atomic E-state index is 6.47. The van der Waals surface area contributed by atoms with Gasteiger partial charge in [0.1, 0.15) is 0 Å². The summed E-state index contributed by atoms with van der Waals surface area (Å²) in [6, 6.07) is 10.2. The van der Waals surface area contributed by atoms with E-state index in [0.29, 0.717) is 5.02 Å². The summed E-state index contributed by atoms with van der Waals surface area (Å²) >= 11 is 16.1. The van der Waals surface area contributed by atoms with Crippen LogP contribution in [0.15, 0.2) is 34.8 Å². The standard InChI is InChI=1S/C17H18BrCl2N/c1-4-21-17(12-5-6-14(18)16(20)9-12)13-7-10(2)11(3)8-15(13)19/h5-9,17,21H,4H2,1-3H3. The number of halogens is 3. The normalized spacial score (nSPS) is 12.5. The summed E-state index contributed by atoms with van der Waals surface area (Å²) in [6.07, 6.45) is 0. The minimum absolute atomic E-state index is 0.0346. The van der Waals surface area contributed by atoms with Gasteiger partial charge in [-0.1, -0.05) is 42.3 Å². The molecule has 21 heavy (non-hydrogen) atoms. The van der Waals surface area contributed by atoms with Gasteiger partial charge in [0.05, 0.1) is 11.1 Å². The Balaban J connectivity index is 2.52. The minimum Gasteiger partial charge on any atom is -0.306 e. The van der Waals surface area contributed by atoms with E-state index in [1.165, 1.54) is 11.1 Å². The van der Waals surface area contributed by atoms with E-state index in [9.17, 15) is 0 Å². The van der Waals surface area contributed by atoms with Crippen molar-refractivity contribution in [1.29, 1.82) is 0 Å². The molecule has 0 bridgehead atoms. The van der Waals surface area contributed by atoms with Crippen molar-refractivity contribution in [1.82, 2.24) is 5.32 Å². The van der Waals surface area contributed by atoms with Crippen LogP contribution in [0.4, 0.5) is 0 Å². The van der Waals surface area contributed by atoms with Crippen molar-refractivity contribution in [3.8, 4) is 0 Å². The van der Waals surface area contributed by atoms with Gasteiger partial charge in [-0.15, -0.1) is 0 Å². The molecule has 1 nitrogen and oxygen atoms in total. The largest absolute Gasteiger partial charge is 0.306 e. The third-order valence-corrected chi connectivity index (χ3v) is 5.17. The zero-order valence-electron chi connectivity index (χ0n) is 12.3. The van der Waals surface area contributed by atoms with Crippen LogP contribution < -0.4 is 5.32 Å². The first-order valence-corrected chi connectivity index (χ1v) is 8.44. The molecule has 1 atom stereocenters. The molecule has 0 heterocycles. The van der Waals surface area contributed by atoms with Crippen LogP contribution >= 0.6 is 39.1 Å². The Kier molecular flexibility index (Phi) is 5.73. The number of rotatable bonds is 4. The van der Waals surface area contributed by atoms with Gasteiger partial charge < -0.3 is 5.32 Å². The van der Waals surface area contributed by atoms with E-state index in [2.05, 4.69) is 54.2 Å². The molecule has 0 radical (unpaired) electrons. The summed E-state index contributed by atoms with van der Waals surface area (Å²) in [7, 11) is 0. The van der Waals surface area contributed by atoms with Crippen LogP contribution in [0, 0.1) is 13.8 Å². The molecule has 0 aromatic heterocycles. The van der Waals surface area contributed by atoms with Crippen molar-refractivity contribution in [2.75, 3.05) is 6.54 Å². The van der Waals surface area contributed by atoms with E-state index in [0.717, 1.165) is 27.2 Å². The molecule has 0 amide bonds. The minimum atomic E-state index is 0.0346.